The van der Waals surface area contributed by atoms with Crippen LogP contribution in [0.2, 0.25) is 0 Å². The lowest BCUT2D eigenvalue weighted by molar-refractivity contribution is 0.221. The van der Waals surface area contributed by atoms with Gasteiger partial charge in [-0.1, -0.05) is 18.3 Å². The summed E-state index contributed by atoms with van der Waals surface area (Å²) in [6.45, 7) is 2.13. The van der Waals surface area contributed by atoms with Crippen molar-refractivity contribution in [2.24, 2.45) is 0 Å². The predicted molar refractivity (Wildman–Crippen MR) is 87.9 cm³/mol. The Morgan fingerprint density at radius 1 is 1.24 bits per heavy atom. The van der Waals surface area contributed by atoms with Crippen LogP contribution in [0.15, 0.2) is 6.33 Å². The van der Waals surface area contributed by atoms with E-state index in [1.807, 2.05) is 0 Å². The smallest absolute Gasteiger partial charge is 0.157 e. The number of nitrogens with zero attached hydrogens (tertiary/aromatic N) is 4. The molecule has 3 rings (SSSR count). The first-order valence-corrected chi connectivity index (χ1v) is 8.52. The van der Waals surface area contributed by atoms with E-state index in [-0.39, 0.29) is 0 Å². The topological polar surface area (TPSA) is 53.9 Å². The highest BCUT2D eigenvalue weighted by Crippen LogP contribution is 2.28. The van der Waals surface area contributed by atoms with Crippen LogP contribution in [-0.2, 0) is 6.42 Å². The monoisotopic (exact) mass is 305 g/mol. The molecule has 0 spiro atoms. The van der Waals surface area contributed by atoms with E-state index in [0.717, 1.165) is 33.6 Å². The van der Waals surface area contributed by atoms with Gasteiger partial charge in [-0.3, -0.25) is 0 Å². The van der Waals surface area contributed by atoms with Crippen LogP contribution >= 0.6 is 11.3 Å². The molecule has 0 bridgehead atoms. The molecule has 1 saturated carbocycles. The van der Waals surface area contributed by atoms with Gasteiger partial charge in [0, 0.05) is 12.1 Å². The number of thiazole rings is 1. The lowest BCUT2D eigenvalue weighted by Crippen LogP contribution is -2.36. The molecule has 0 aliphatic heterocycles. The normalized spacial score (nSPS) is 22.9. The van der Waals surface area contributed by atoms with Crippen LogP contribution in [0.5, 0.6) is 0 Å². The summed E-state index contributed by atoms with van der Waals surface area (Å²) in [5.74, 6) is 0.907. The van der Waals surface area contributed by atoms with Crippen LogP contribution in [0.4, 0.5) is 5.82 Å². The maximum atomic E-state index is 4.66. The Bertz CT molecular complexity index is 601. The van der Waals surface area contributed by atoms with Crippen molar-refractivity contribution in [1.82, 2.24) is 19.9 Å². The average Bonchev–Trinajstić information content (AvgIpc) is 2.92. The molecule has 0 aromatic carbocycles. The summed E-state index contributed by atoms with van der Waals surface area (Å²) in [5, 5.41) is 4.72. The molecule has 1 N–H and O–H groups in total. The van der Waals surface area contributed by atoms with Crippen molar-refractivity contribution in [3.05, 3.63) is 11.3 Å². The maximum absolute atomic E-state index is 4.66. The summed E-state index contributed by atoms with van der Waals surface area (Å²) in [6, 6.07) is 1.23. The van der Waals surface area contributed by atoms with E-state index in [1.54, 1.807) is 17.7 Å². The second-order valence-electron chi connectivity index (χ2n) is 5.95. The molecular formula is C15H23N5S. The third-order valence-electron chi connectivity index (χ3n) is 4.31. The number of aryl methyl sites for hydroxylation is 1. The van der Waals surface area contributed by atoms with Crippen molar-refractivity contribution < 1.29 is 0 Å². The first-order chi connectivity index (χ1) is 10.2. The minimum absolute atomic E-state index is 0.506. The van der Waals surface area contributed by atoms with E-state index in [4.69, 9.17) is 0 Å². The van der Waals surface area contributed by atoms with Crippen LogP contribution in [0, 0.1) is 0 Å². The van der Waals surface area contributed by atoms with Crippen LogP contribution < -0.4 is 5.32 Å². The molecule has 21 heavy (non-hydrogen) atoms. The molecular weight excluding hydrogens is 282 g/mol. The van der Waals surface area contributed by atoms with Crippen molar-refractivity contribution in [2.45, 2.75) is 51.1 Å². The van der Waals surface area contributed by atoms with Gasteiger partial charge in [-0.15, -0.1) is 0 Å². The highest BCUT2D eigenvalue weighted by Gasteiger charge is 2.23. The molecule has 5 nitrogen and oxygen atoms in total. The van der Waals surface area contributed by atoms with Gasteiger partial charge >= 0.3 is 0 Å². The molecule has 114 valence electrons. The molecule has 2 heterocycles. The van der Waals surface area contributed by atoms with Crippen molar-refractivity contribution >= 4 is 27.5 Å². The third kappa shape index (κ3) is 3.16. The van der Waals surface area contributed by atoms with E-state index in [1.165, 1.54) is 25.7 Å². The number of hydrogen-bond acceptors (Lipinski definition) is 6. The summed E-state index contributed by atoms with van der Waals surface area (Å²) < 4.78 is 0. The zero-order chi connectivity index (χ0) is 14.8. The lowest BCUT2D eigenvalue weighted by Gasteiger charge is -2.33. The fourth-order valence-electron chi connectivity index (χ4n) is 2.98. The van der Waals surface area contributed by atoms with E-state index in [0.29, 0.717) is 6.04 Å². The molecule has 2 aromatic rings. The van der Waals surface area contributed by atoms with Gasteiger partial charge in [-0.25, -0.2) is 15.0 Å². The van der Waals surface area contributed by atoms with Gasteiger partial charge in [0.1, 0.15) is 16.7 Å². The lowest BCUT2D eigenvalue weighted by atomic mass is 9.90. The van der Waals surface area contributed by atoms with Crippen molar-refractivity contribution in [3.63, 3.8) is 0 Å². The van der Waals surface area contributed by atoms with E-state index in [9.17, 15) is 0 Å². The molecule has 1 aliphatic carbocycles. The Labute approximate surface area is 129 Å². The van der Waals surface area contributed by atoms with Crippen LogP contribution in [0.3, 0.4) is 0 Å². The third-order valence-corrected chi connectivity index (χ3v) is 5.42. The number of fused-ring (bicyclic) bond motifs is 1. The Morgan fingerprint density at radius 3 is 2.67 bits per heavy atom. The van der Waals surface area contributed by atoms with Gasteiger partial charge in [0.15, 0.2) is 5.82 Å². The van der Waals surface area contributed by atoms with Crippen LogP contribution in [-0.4, -0.2) is 46.0 Å². The Kier molecular flexibility index (Phi) is 4.35. The van der Waals surface area contributed by atoms with Gasteiger partial charge in [0.2, 0.25) is 0 Å². The van der Waals surface area contributed by atoms with Crippen molar-refractivity contribution in [2.75, 3.05) is 19.4 Å². The largest absolute Gasteiger partial charge is 0.365 e. The molecule has 0 radical (unpaired) electrons. The Hall–Kier alpha value is -1.27. The first kappa shape index (κ1) is 14.7. The molecule has 1 fully saturated rings. The van der Waals surface area contributed by atoms with Crippen molar-refractivity contribution in [3.8, 4) is 0 Å². The van der Waals surface area contributed by atoms with Gasteiger partial charge in [-0.2, -0.15) is 0 Å². The summed E-state index contributed by atoms with van der Waals surface area (Å²) >= 11 is 1.67. The number of aromatic nitrogens is 3. The van der Waals surface area contributed by atoms with Crippen molar-refractivity contribution in [1.29, 1.82) is 0 Å². The number of hydrogen-bond donors (Lipinski definition) is 1. The fourth-order valence-corrected chi connectivity index (χ4v) is 3.83. The molecule has 0 saturated heterocycles. The van der Waals surface area contributed by atoms with Gasteiger partial charge in [0.25, 0.3) is 0 Å². The minimum atomic E-state index is 0.506. The SMILES string of the molecule is CCc1nc2c(NC3CCC(N(C)C)CC3)ncnc2s1. The second kappa shape index (κ2) is 6.23. The number of nitrogens with one attached hydrogen (secondary N) is 1. The highest BCUT2D eigenvalue weighted by molar-refractivity contribution is 7.18. The van der Waals surface area contributed by atoms with E-state index in [2.05, 4.69) is 46.2 Å². The summed E-state index contributed by atoms with van der Waals surface area (Å²) in [7, 11) is 4.35. The highest BCUT2D eigenvalue weighted by atomic mass is 32.1. The number of rotatable bonds is 4. The first-order valence-electron chi connectivity index (χ1n) is 7.70. The molecule has 0 amide bonds. The second-order valence-corrected chi connectivity index (χ2v) is 7.01. The zero-order valence-corrected chi connectivity index (χ0v) is 13.8. The van der Waals surface area contributed by atoms with E-state index < -0.39 is 0 Å². The van der Waals surface area contributed by atoms with Gasteiger partial charge < -0.3 is 10.2 Å². The zero-order valence-electron chi connectivity index (χ0n) is 13.0. The summed E-state index contributed by atoms with van der Waals surface area (Å²) in [4.78, 5) is 16.7. The molecule has 6 heteroatoms. The van der Waals surface area contributed by atoms with Gasteiger partial charge in [-0.05, 0) is 46.2 Å². The van der Waals surface area contributed by atoms with E-state index >= 15 is 0 Å². The quantitative estimate of drug-likeness (QED) is 0.941. The Morgan fingerprint density at radius 2 is 2.00 bits per heavy atom. The fraction of sp³-hybridized carbons (Fsp3) is 0.667. The summed E-state index contributed by atoms with van der Waals surface area (Å²) in [5.41, 5.74) is 0.939. The average molecular weight is 305 g/mol. The van der Waals surface area contributed by atoms with Crippen LogP contribution in [0.1, 0.15) is 37.6 Å². The molecule has 2 aromatic heterocycles. The standard InChI is InChI=1S/C15H23N5S/c1-4-12-19-13-14(16-9-17-15(13)21-12)18-10-5-7-11(8-6-10)20(2)3/h9-11H,4-8H2,1-3H3,(H,16,17,18). The number of anilines is 1. The minimum Gasteiger partial charge on any atom is -0.365 e. The molecule has 1 aliphatic rings. The maximum Gasteiger partial charge on any atom is 0.157 e. The van der Waals surface area contributed by atoms with Crippen LogP contribution in [0.25, 0.3) is 10.3 Å². The molecule has 0 atom stereocenters. The molecule has 0 unspecified atom stereocenters. The van der Waals surface area contributed by atoms with Gasteiger partial charge in [0.05, 0.1) is 5.01 Å². The summed E-state index contributed by atoms with van der Waals surface area (Å²) in [6.07, 6.45) is 7.48. The Balaban J connectivity index is 1.72. The predicted octanol–water partition coefficient (Wildman–Crippen LogP) is 2.93.